The Morgan fingerprint density at radius 3 is 1.23 bits per heavy atom. The van der Waals surface area contributed by atoms with Gasteiger partial charge in [-0.1, -0.05) is 83.9 Å². The molecular formula is C32H20Cl2N4O8S2. The van der Waals surface area contributed by atoms with Gasteiger partial charge in [-0.3, -0.25) is 9.11 Å². The number of fused-ring (bicyclic) bond motifs is 2. The number of halogens is 2. The summed E-state index contributed by atoms with van der Waals surface area (Å²) >= 11 is 12.9. The van der Waals surface area contributed by atoms with Crippen molar-refractivity contribution in [1.29, 1.82) is 0 Å². The average molecular weight is 724 g/mol. The van der Waals surface area contributed by atoms with Crippen molar-refractivity contribution in [3.8, 4) is 22.6 Å². The van der Waals surface area contributed by atoms with E-state index in [4.69, 9.17) is 23.2 Å². The number of phenolic OH excluding ortho intramolecular Hbond substituents is 2. The third-order valence-electron chi connectivity index (χ3n) is 7.22. The molecule has 4 N–H and O–H groups in total. The van der Waals surface area contributed by atoms with Crippen molar-refractivity contribution in [3.05, 3.63) is 107 Å². The van der Waals surface area contributed by atoms with Crippen molar-refractivity contribution < 1.29 is 36.2 Å². The summed E-state index contributed by atoms with van der Waals surface area (Å²) in [6.07, 6.45) is 0. The quantitative estimate of drug-likeness (QED) is 0.0921. The molecule has 0 aliphatic heterocycles. The summed E-state index contributed by atoms with van der Waals surface area (Å²) in [5.41, 5.74) is 0.475. The molecule has 6 aromatic carbocycles. The number of hydrogen-bond acceptors (Lipinski definition) is 10. The molecule has 16 heteroatoms. The smallest absolute Gasteiger partial charge is 0.296 e. The van der Waals surface area contributed by atoms with Gasteiger partial charge in [0.05, 0.1) is 10.0 Å². The number of aromatic hydroxyl groups is 2. The number of phenols is 2. The lowest BCUT2D eigenvalue weighted by Crippen LogP contribution is -1.99. The van der Waals surface area contributed by atoms with E-state index in [0.29, 0.717) is 32.7 Å². The highest BCUT2D eigenvalue weighted by Gasteiger charge is 2.23. The monoisotopic (exact) mass is 722 g/mol. The van der Waals surface area contributed by atoms with E-state index in [1.54, 1.807) is 60.7 Å². The largest absolute Gasteiger partial charge is 0.505 e. The molecule has 0 aliphatic rings. The van der Waals surface area contributed by atoms with Crippen LogP contribution in [-0.2, 0) is 20.2 Å². The van der Waals surface area contributed by atoms with Crippen LogP contribution in [0.1, 0.15) is 0 Å². The zero-order valence-electron chi connectivity index (χ0n) is 24.0. The Morgan fingerprint density at radius 2 is 0.875 bits per heavy atom. The molecule has 0 radical (unpaired) electrons. The molecule has 0 saturated carbocycles. The summed E-state index contributed by atoms with van der Waals surface area (Å²) in [4.78, 5) is -1.26. The highest BCUT2D eigenvalue weighted by Crippen LogP contribution is 2.44. The first-order valence-electron chi connectivity index (χ1n) is 13.6. The maximum Gasteiger partial charge on any atom is 0.296 e. The second-order valence-corrected chi connectivity index (χ2v) is 13.9. The zero-order valence-corrected chi connectivity index (χ0v) is 27.2. The summed E-state index contributed by atoms with van der Waals surface area (Å²) in [6, 6.07) is 24.5. The molecule has 0 unspecified atom stereocenters. The highest BCUT2D eigenvalue weighted by atomic mass is 35.5. The first-order chi connectivity index (χ1) is 22.7. The number of benzene rings is 6. The minimum atomic E-state index is -4.78. The van der Waals surface area contributed by atoms with Crippen molar-refractivity contribution >= 4 is 87.7 Å². The van der Waals surface area contributed by atoms with Gasteiger partial charge < -0.3 is 10.2 Å². The molecule has 0 aliphatic carbocycles. The van der Waals surface area contributed by atoms with Gasteiger partial charge >= 0.3 is 0 Å². The second-order valence-electron chi connectivity index (χ2n) is 10.3. The third kappa shape index (κ3) is 6.44. The summed E-state index contributed by atoms with van der Waals surface area (Å²) in [5, 5.41) is 38.9. The van der Waals surface area contributed by atoms with Gasteiger partial charge in [-0.15, -0.1) is 20.5 Å². The van der Waals surface area contributed by atoms with Gasteiger partial charge in [-0.25, -0.2) is 0 Å². The maximum atomic E-state index is 12.1. The summed E-state index contributed by atoms with van der Waals surface area (Å²) in [7, 11) is -9.55. The summed E-state index contributed by atoms with van der Waals surface area (Å²) in [5.74, 6) is -0.983. The normalized spacial score (nSPS) is 12.5. The maximum absolute atomic E-state index is 12.1. The van der Waals surface area contributed by atoms with Crippen molar-refractivity contribution in [1.82, 2.24) is 0 Å². The topological polar surface area (TPSA) is 199 Å². The van der Waals surface area contributed by atoms with Gasteiger partial charge in [0.1, 0.15) is 32.5 Å². The molecule has 242 valence electrons. The third-order valence-corrected chi connectivity index (χ3v) is 9.56. The van der Waals surface area contributed by atoms with Crippen LogP contribution in [0.15, 0.2) is 127 Å². The number of rotatable bonds is 7. The van der Waals surface area contributed by atoms with Gasteiger partial charge in [0.25, 0.3) is 20.2 Å². The standard InChI is InChI=1S/C32H20Cl2N4O8S2/c33-23-13-17(9-11-25(23)35-37-29-27(47(41,42)43)15-19-5-1-3-7-21(19)31(29)39)18-10-12-26(24(34)14-18)36-38-30-28(48(44,45)46)16-20-6-2-4-8-22(20)32(30)40/h1-16,39-40H,(H,41,42,43)(H,44,45,46). The van der Waals surface area contributed by atoms with Crippen LogP contribution >= 0.6 is 23.2 Å². The predicted molar refractivity (Wildman–Crippen MR) is 181 cm³/mol. The van der Waals surface area contributed by atoms with Crippen LogP contribution in [0.5, 0.6) is 11.5 Å². The molecular weight excluding hydrogens is 703 g/mol. The number of hydrogen-bond donors (Lipinski definition) is 4. The Hall–Kier alpha value is -4.96. The first kappa shape index (κ1) is 33.0. The summed E-state index contributed by atoms with van der Waals surface area (Å²) in [6.45, 7) is 0. The molecule has 48 heavy (non-hydrogen) atoms. The van der Waals surface area contributed by atoms with Crippen LogP contribution in [0.3, 0.4) is 0 Å². The summed E-state index contributed by atoms with van der Waals surface area (Å²) < 4.78 is 67.8. The lowest BCUT2D eigenvalue weighted by molar-refractivity contribution is 0.471. The van der Waals surface area contributed by atoms with Crippen LogP contribution in [-0.4, -0.2) is 36.2 Å². The Labute approximate surface area is 282 Å². The predicted octanol–water partition coefficient (Wildman–Crippen LogP) is 9.70. The second kappa shape index (κ2) is 12.6. The van der Waals surface area contributed by atoms with Crippen molar-refractivity contribution in [2.75, 3.05) is 0 Å². The average Bonchev–Trinajstić information content (AvgIpc) is 3.04. The van der Waals surface area contributed by atoms with E-state index < -0.39 is 52.9 Å². The Morgan fingerprint density at radius 1 is 0.500 bits per heavy atom. The minimum Gasteiger partial charge on any atom is -0.505 e. The molecule has 0 amide bonds. The molecule has 0 fully saturated rings. The SMILES string of the molecule is O=S(=O)(O)c1cc2ccccc2c(O)c1N=Nc1ccc(-c2ccc(N=Nc3c(S(=O)(=O)O)cc4ccccc4c3O)c(Cl)c2)cc1Cl. The lowest BCUT2D eigenvalue weighted by Gasteiger charge is -2.09. The van der Waals surface area contributed by atoms with Crippen molar-refractivity contribution in [3.63, 3.8) is 0 Å². The van der Waals surface area contributed by atoms with Crippen LogP contribution in [0.25, 0.3) is 32.7 Å². The van der Waals surface area contributed by atoms with Crippen LogP contribution < -0.4 is 0 Å². The van der Waals surface area contributed by atoms with E-state index in [9.17, 15) is 36.2 Å². The van der Waals surface area contributed by atoms with Gasteiger partial charge in [0.15, 0.2) is 11.5 Å². The van der Waals surface area contributed by atoms with Gasteiger partial charge in [-0.05, 0) is 58.3 Å². The molecule has 0 bridgehead atoms. The van der Waals surface area contributed by atoms with E-state index in [2.05, 4.69) is 20.5 Å². The van der Waals surface area contributed by atoms with Gasteiger partial charge in [-0.2, -0.15) is 16.8 Å². The zero-order chi connectivity index (χ0) is 34.4. The van der Waals surface area contributed by atoms with Crippen molar-refractivity contribution in [2.45, 2.75) is 9.79 Å². The van der Waals surface area contributed by atoms with E-state index in [1.165, 1.54) is 36.4 Å². The molecule has 12 nitrogen and oxygen atoms in total. The van der Waals surface area contributed by atoms with E-state index in [-0.39, 0.29) is 21.4 Å². The van der Waals surface area contributed by atoms with Gasteiger partial charge in [0.2, 0.25) is 0 Å². The Kier molecular flexibility index (Phi) is 8.63. The molecule has 0 saturated heterocycles. The van der Waals surface area contributed by atoms with Crippen molar-refractivity contribution in [2.24, 2.45) is 20.5 Å². The fraction of sp³-hybridized carbons (Fsp3) is 0. The first-order valence-corrected chi connectivity index (χ1v) is 17.2. The van der Waals surface area contributed by atoms with Crippen LogP contribution in [0.4, 0.5) is 22.7 Å². The molecule has 6 aromatic rings. The molecule has 6 rings (SSSR count). The van der Waals surface area contributed by atoms with E-state index in [0.717, 1.165) is 0 Å². The number of azo groups is 2. The van der Waals surface area contributed by atoms with Gasteiger partial charge in [0, 0.05) is 10.8 Å². The van der Waals surface area contributed by atoms with E-state index in [1.807, 2.05) is 0 Å². The lowest BCUT2D eigenvalue weighted by atomic mass is 10.0. The fourth-order valence-electron chi connectivity index (χ4n) is 4.91. The van der Waals surface area contributed by atoms with Crippen LogP contribution in [0.2, 0.25) is 10.0 Å². The van der Waals surface area contributed by atoms with E-state index >= 15 is 0 Å². The highest BCUT2D eigenvalue weighted by molar-refractivity contribution is 7.86. The Bertz CT molecular complexity index is 2400. The number of nitrogens with zero attached hydrogens (tertiary/aromatic N) is 4. The Balaban J connectivity index is 1.31. The fourth-order valence-corrected chi connectivity index (χ4v) is 6.67. The van der Waals surface area contributed by atoms with Crippen LogP contribution in [0, 0.1) is 0 Å². The molecule has 0 heterocycles. The minimum absolute atomic E-state index is 0.106. The molecule has 0 atom stereocenters. The molecule has 0 spiro atoms. The molecule has 0 aromatic heterocycles.